The van der Waals surface area contributed by atoms with Crippen LogP contribution < -0.4 is 5.56 Å². The van der Waals surface area contributed by atoms with Gasteiger partial charge < -0.3 is 4.74 Å². The van der Waals surface area contributed by atoms with Gasteiger partial charge in [-0.1, -0.05) is 42.1 Å². The Morgan fingerprint density at radius 1 is 1.10 bits per heavy atom. The number of hydrogen-bond acceptors (Lipinski definition) is 6. The number of benzene rings is 2. The molecule has 0 aliphatic rings. The molecule has 30 heavy (non-hydrogen) atoms. The number of thioether (sulfide) groups is 1. The Kier molecular flexibility index (Phi) is 5.34. The van der Waals surface area contributed by atoms with Crippen LogP contribution in [-0.2, 0) is 9.53 Å². The number of hydrogen-bond donors (Lipinski definition) is 0. The van der Waals surface area contributed by atoms with Gasteiger partial charge in [-0.05, 0) is 51.0 Å². The molecule has 0 bridgehead atoms. The van der Waals surface area contributed by atoms with Crippen LogP contribution in [0.4, 0.5) is 0 Å². The van der Waals surface area contributed by atoms with Crippen molar-refractivity contribution in [3.8, 4) is 5.69 Å². The summed E-state index contributed by atoms with van der Waals surface area (Å²) in [6.45, 7) is 7.80. The van der Waals surface area contributed by atoms with E-state index in [-0.39, 0.29) is 11.5 Å². The van der Waals surface area contributed by atoms with Crippen LogP contribution in [0.2, 0.25) is 0 Å². The second-order valence-corrected chi connectivity index (χ2v) is 8.34. The highest BCUT2D eigenvalue weighted by atomic mass is 32.2. The van der Waals surface area contributed by atoms with Crippen LogP contribution in [0, 0.1) is 13.8 Å². The lowest BCUT2D eigenvalue weighted by Gasteiger charge is -2.15. The molecule has 154 valence electrons. The van der Waals surface area contributed by atoms with Crippen LogP contribution in [0.3, 0.4) is 0 Å². The zero-order chi connectivity index (χ0) is 21.4. The highest BCUT2D eigenvalue weighted by molar-refractivity contribution is 8.00. The third-order valence-corrected chi connectivity index (χ3v) is 5.98. The highest BCUT2D eigenvalue weighted by Crippen LogP contribution is 2.28. The summed E-state index contributed by atoms with van der Waals surface area (Å²) in [4.78, 5) is 25.6. The molecule has 0 saturated heterocycles. The molecule has 4 aromatic rings. The van der Waals surface area contributed by atoms with Gasteiger partial charge in [-0.3, -0.25) is 14.0 Å². The number of esters is 1. The summed E-state index contributed by atoms with van der Waals surface area (Å²) in [6, 6.07) is 13.3. The van der Waals surface area contributed by atoms with Crippen LogP contribution >= 0.6 is 11.8 Å². The molecule has 0 aliphatic carbocycles. The molecule has 8 heteroatoms. The summed E-state index contributed by atoms with van der Waals surface area (Å²) in [6.07, 6.45) is 0. The van der Waals surface area contributed by atoms with Gasteiger partial charge in [0.1, 0.15) is 5.25 Å². The van der Waals surface area contributed by atoms with Crippen molar-refractivity contribution in [2.24, 2.45) is 0 Å². The SMILES string of the molecule is CCOC(=O)C(C)Sc1nnc2n(-c3c(C)cccc3C)c(=O)c3ccccc3n12. The standard InChI is InChI=1S/C22H22N4O3S/c1-5-29-20(28)15(4)30-22-24-23-21-25(22)17-12-7-6-11-16(17)19(27)26(21)18-13(2)9-8-10-14(18)3/h6-12,15H,5H2,1-4H3. The van der Waals surface area contributed by atoms with E-state index in [4.69, 9.17) is 4.74 Å². The van der Waals surface area contributed by atoms with Crippen LogP contribution in [0.25, 0.3) is 22.4 Å². The lowest BCUT2D eigenvalue weighted by Crippen LogP contribution is -2.23. The van der Waals surface area contributed by atoms with Gasteiger partial charge in [-0.15, -0.1) is 10.2 Å². The van der Waals surface area contributed by atoms with Gasteiger partial charge in [0.25, 0.3) is 5.56 Å². The number of nitrogens with zero attached hydrogens (tertiary/aromatic N) is 4. The Morgan fingerprint density at radius 2 is 1.80 bits per heavy atom. The Bertz CT molecular complexity index is 1310. The molecule has 0 fully saturated rings. The minimum atomic E-state index is -0.461. The van der Waals surface area contributed by atoms with Crippen molar-refractivity contribution in [2.45, 2.75) is 38.1 Å². The van der Waals surface area contributed by atoms with E-state index in [0.29, 0.717) is 28.4 Å². The molecule has 2 heterocycles. The molecule has 0 amide bonds. The second-order valence-electron chi connectivity index (χ2n) is 7.03. The van der Waals surface area contributed by atoms with Crippen molar-refractivity contribution in [3.63, 3.8) is 0 Å². The van der Waals surface area contributed by atoms with E-state index < -0.39 is 5.25 Å². The number of carbonyl (C=O) groups is 1. The number of carbonyl (C=O) groups excluding carboxylic acids is 1. The molecule has 4 rings (SSSR count). The molecule has 7 nitrogen and oxygen atoms in total. The lowest BCUT2D eigenvalue weighted by atomic mass is 10.1. The monoisotopic (exact) mass is 422 g/mol. The van der Waals surface area contributed by atoms with Crippen molar-refractivity contribution in [1.29, 1.82) is 0 Å². The van der Waals surface area contributed by atoms with Crippen molar-refractivity contribution in [3.05, 3.63) is 63.9 Å². The van der Waals surface area contributed by atoms with Crippen LogP contribution in [0.15, 0.2) is 52.4 Å². The van der Waals surface area contributed by atoms with Gasteiger partial charge in [0, 0.05) is 0 Å². The first-order valence-corrected chi connectivity index (χ1v) is 10.6. The number of rotatable bonds is 5. The van der Waals surface area contributed by atoms with Crippen LogP contribution in [0.5, 0.6) is 0 Å². The summed E-state index contributed by atoms with van der Waals surface area (Å²) in [5.41, 5.74) is 3.26. The molecule has 0 aliphatic heterocycles. The second kappa shape index (κ2) is 7.95. The van der Waals surface area contributed by atoms with Crippen molar-refractivity contribution >= 4 is 34.4 Å². The minimum Gasteiger partial charge on any atom is -0.465 e. The quantitative estimate of drug-likeness (QED) is 0.361. The number of ether oxygens (including phenoxy) is 1. The number of aryl methyl sites for hydroxylation is 2. The lowest BCUT2D eigenvalue weighted by molar-refractivity contribution is -0.142. The number of fused-ring (bicyclic) bond motifs is 3. The molecule has 0 spiro atoms. The molecule has 0 radical (unpaired) electrons. The molecule has 0 saturated carbocycles. The predicted molar refractivity (Wildman–Crippen MR) is 118 cm³/mol. The van der Waals surface area contributed by atoms with E-state index in [1.165, 1.54) is 11.8 Å². The smallest absolute Gasteiger partial charge is 0.319 e. The topological polar surface area (TPSA) is 78.5 Å². The molecule has 1 atom stereocenters. The van der Waals surface area contributed by atoms with Gasteiger partial charge in [-0.25, -0.2) is 4.57 Å². The minimum absolute atomic E-state index is 0.155. The van der Waals surface area contributed by atoms with E-state index in [0.717, 1.165) is 16.8 Å². The Labute approximate surface area is 177 Å². The summed E-state index contributed by atoms with van der Waals surface area (Å²) >= 11 is 1.26. The maximum Gasteiger partial charge on any atom is 0.319 e. The van der Waals surface area contributed by atoms with Gasteiger partial charge in [0.15, 0.2) is 5.16 Å². The Hall–Kier alpha value is -3.13. The van der Waals surface area contributed by atoms with E-state index in [1.807, 2.05) is 54.6 Å². The molecule has 2 aromatic heterocycles. The summed E-state index contributed by atoms with van der Waals surface area (Å²) in [5.74, 6) is 0.0984. The van der Waals surface area contributed by atoms with E-state index in [1.54, 1.807) is 24.5 Å². The molecular weight excluding hydrogens is 400 g/mol. The number of para-hydroxylation sites is 2. The normalized spacial score (nSPS) is 12.4. The van der Waals surface area contributed by atoms with Crippen LogP contribution in [-0.4, -0.2) is 37.0 Å². The Balaban J connectivity index is 2.03. The zero-order valence-corrected chi connectivity index (χ0v) is 18.1. The molecular formula is C22H22N4O3S. The van der Waals surface area contributed by atoms with Crippen molar-refractivity contribution in [1.82, 2.24) is 19.2 Å². The zero-order valence-electron chi connectivity index (χ0n) is 17.2. The first-order chi connectivity index (χ1) is 14.4. The fourth-order valence-electron chi connectivity index (χ4n) is 3.58. The highest BCUT2D eigenvalue weighted by Gasteiger charge is 2.23. The van der Waals surface area contributed by atoms with E-state index >= 15 is 0 Å². The molecule has 0 N–H and O–H groups in total. The summed E-state index contributed by atoms with van der Waals surface area (Å²) in [7, 11) is 0. The maximum absolute atomic E-state index is 13.5. The van der Waals surface area contributed by atoms with E-state index in [2.05, 4.69) is 10.2 Å². The first kappa shape index (κ1) is 20.2. The van der Waals surface area contributed by atoms with E-state index in [9.17, 15) is 9.59 Å². The average Bonchev–Trinajstić information content (AvgIpc) is 3.13. The van der Waals surface area contributed by atoms with Gasteiger partial charge in [0.2, 0.25) is 5.78 Å². The van der Waals surface area contributed by atoms with Gasteiger partial charge >= 0.3 is 5.97 Å². The largest absolute Gasteiger partial charge is 0.465 e. The summed E-state index contributed by atoms with van der Waals surface area (Å²) in [5, 5.41) is 9.29. The van der Waals surface area contributed by atoms with Gasteiger partial charge in [-0.2, -0.15) is 0 Å². The van der Waals surface area contributed by atoms with Crippen LogP contribution in [0.1, 0.15) is 25.0 Å². The average molecular weight is 423 g/mol. The van der Waals surface area contributed by atoms with Crippen molar-refractivity contribution < 1.29 is 9.53 Å². The maximum atomic E-state index is 13.5. The fourth-order valence-corrected chi connectivity index (χ4v) is 4.43. The van der Waals surface area contributed by atoms with Gasteiger partial charge in [0.05, 0.1) is 23.2 Å². The number of aromatic nitrogens is 4. The third kappa shape index (κ3) is 3.27. The summed E-state index contributed by atoms with van der Waals surface area (Å²) < 4.78 is 8.57. The Morgan fingerprint density at radius 3 is 2.50 bits per heavy atom. The fraction of sp³-hybridized carbons (Fsp3) is 0.273. The molecule has 1 unspecified atom stereocenters. The molecule has 2 aromatic carbocycles. The van der Waals surface area contributed by atoms with Crippen molar-refractivity contribution in [2.75, 3.05) is 6.61 Å². The predicted octanol–water partition coefficient (Wildman–Crippen LogP) is 3.69. The third-order valence-electron chi connectivity index (χ3n) is 4.96. The first-order valence-electron chi connectivity index (χ1n) is 9.72.